The number of tetrazole rings is 1. The minimum Gasteiger partial charge on any atom is -0.479 e. The summed E-state index contributed by atoms with van der Waals surface area (Å²) in [5.74, 6) is 0.199. The molecule has 0 unspecified atom stereocenters. The Morgan fingerprint density at radius 3 is 2.68 bits per heavy atom. The molecule has 0 aliphatic carbocycles. The van der Waals surface area contributed by atoms with Crippen LogP contribution in [0.1, 0.15) is 13.8 Å². The van der Waals surface area contributed by atoms with E-state index in [0.717, 1.165) is 5.69 Å². The van der Waals surface area contributed by atoms with Gasteiger partial charge in [0.1, 0.15) is 12.1 Å². The van der Waals surface area contributed by atoms with Crippen molar-refractivity contribution in [1.29, 1.82) is 0 Å². The first-order valence-electron chi connectivity index (χ1n) is 5.87. The van der Waals surface area contributed by atoms with E-state index in [4.69, 9.17) is 9.47 Å². The van der Waals surface area contributed by atoms with Gasteiger partial charge >= 0.3 is 5.97 Å². The van der Waals surface area contributed by atoms with Gasteiger partial charge in [0.15, 0.2) is 6.10 Å². The summed E-state index contributed by atoms with van der Waals surface area (Å²) < 4.78 is 11.9. The third-order valence-corrected chi connectivity index (χ3v) is 2.38. The van der Waals surface area contributed by atoms with Crippen LogP contribution in [0.25, 0.3) is 5.69 Å². The largest absolute Gasteiger partial charge is 0.479 e. The van der Waals surface area contributed by atoms with Crippen LogP contribution in [0.3, 0.4) is 0 Å². The Kier molecular flexibility index (Phi) is 4.07. The highest BCUT2D eigenvalue weighted by atomic mass is 16.6. The summed E-state index contributed by atoms with van der Waals surface area (Å²) in [6.45, 7) is 3.74. The molecule has 0 amide bonds. The Morgan fingerprint density at radius 1 is 1.37 bits per heavy atom. The molecule has 1 atom stereocenters. The zero-order valence-corrected chi connectivity index (χ0v) is 10.7. The van der Waals surface area contributed by atoms with Crippen molar-refractivity contribution >= 4 is 5.97 Å². The topological polar surface area (TPSA) is 79.1 Å². The predicted octanol–water partition coefficient (Wildman–Crippen LogP) is 0.993. The molecule has 0 fully saturated rings. The third kappa shape index (κ3) is 3.27. The van der Waals surface area contributed by atoms with E-state index in [2.05, 4.69) is 15.5 Å². The zero-order valence-electron chi connectivity index (χ0n) is 10.7. The summed E-state index contributed by atoms with van der Waals surface area (Å²) in [6.07, 6.45) is 0.857. The van der Waals surface area contributed by atoms with Crippen LogP contribution < -0.4 is 4.74 Å². The standard InChI is InChI=1S/C12H14N4O3/c1-3-18-12(17)9(2)19-11-6-4-10(5-7-11)16-8-13-14-15-16/h4-9H,3H2,1-2H3/t9-/m0/s1. The van der Waals surface area contributed by atoms with Crippen molar-refractivity contribution in [3.05, 3.63) is 30.6 Å². The lowest BCUT2D eigenvalue weighted by Crippen LogP contribution is -2.26. The van der Waals surface area contributed by atoms with Crippen molar-refractivity contribution in [1.82, 2.24) is 20.2 Å². The van der Waals surface area contributed by atoms with E-state index in [1.165, 1.54) is 11.0 Å². The molecule has 0 bridgehead atoms. The van der Waals surface area contributed by atoms with E-state index >= 15 is 0 Å². The van der Waals surface area contributed by atoms with Gasteiger partial charge in [0, 0.05) is 0 Å². The average molecular weight is 262 g/mol. The van der Waals surface area contributed by atoms with Crippen molar-refractivity contribution < 1.29 is 14.3 Å². The second-order valence-corrected chi connectivity index (χ2v) is 3.76. The van der Waals surface area contributed by atoms with Gasteiger partial charge in [-0.15, -0.1) is 5.10 Å². The second kappa shape index (κ2) is 5.94. The number of benzene rings is 1. The summed E-state index contributed by atoms with van der Waals surface area (Å²) in [5, 5.41) is 10.9. The molecule has 2 rings (SSSR count). The van der Waals surface area contributed by atoms with Crippen LogP contribution in [0.15, 0.2) is 30.6 Å². The number of ether oxygens (including phenoxy) is 2. The Bertz CT molecular complexity index is 524. The molecule has 0 spiro atoms. The number of aromatic nitrogens is 4. The summed E-state index contributed by atoms with van der Waals surface area (Å²) >= 11 is 0. The number of carbonyl (C=O) groups is 1. The number of carbonyl (C=O) groups excluding carboxylic acids is 1. The van der Waals surface area contributed by atoms with Gasteiger partial charge in [-0.05, 0) is 48.5 Å². The quantitative estimate of drug-likeness (QED) is 0.748. The average Bonchev–Trinajstić information content (AvgIpc) is 2.94. The third-order valence-electron chi connectivity index (χ3n) is 2.38. The maximum atomic E-state index is 11.4. The smallest absolute Gasteiger partial charge is 0.347 e. The monoisotopic (exact) mass is 262 g/mol. The molecule has 0 aliphatic rings. The lowest BCUT2D eigenvalue weighted by molar-refractivity contribution is -0.150. The highest BCUT2D eigenvalue weighted by molar-refractivity contribution is 5.74. The van der Waals surface area contributed by atoms with E-state index < -0.39 is 6.10 Å². The van der Waals surface area contributed by atoms with Crippen LogP contribution in [-0.2, 0) is 9.53 Å². The van der Waals surface area contributed by atoms with Crippen LogP contribution in [-0.4, -0.2) is 38.9 Å². The molecule has 0 saturated carbocycles. The molecule has 1 aromatic heterocycles. The van der Waals surface area contributed by atoms with E-state index in [9.17, 15) is 4.79 Å². The predicted molar refractivity (Wildman–Crippen MR) is 65.9 cm³/mol. The number of esters is 1. The first-order chi connectivity index (χ1) is 9.20. The highest BCUT2D eigenvalue weighted by Crippen LogP contribution is 2.16. The van der Waals surface area contributed by atoms with Gasteiger partial charge in [0.25, 0.3) is 0 Å². The van der Waals surface area contributed by atoms with Gasteiger partial charge < -0.3 is 9.47 Å². The molecule has 1 aromatic carbocycles. The maximum Gasteiger partial charge on any atom is 0.347 e. The minimum atomic E-state index is -0.640. The molecule has 19 heavy (non-hydrogen) atoms. The Labute approximate surface area is 110 Å². The molecule has 2 aromatic rings. The molecular weight excluding hydrogens is 248 g/mol. The zero-order chi connectivity index (χ0) is 13.7. The first-order valence-corrected chi connectivity index (χ1v) is 5.87. The van der Waals surface area contributed by atoms with Gasteiger partial charge in [-0.2, -0.15) is 0 Å². The Hall–Kier alpha value is -2.44. The van der Waals surface area contributed by atoms with Crippen molar-refractivity contribution in [2.75, 3.05) is 6.61 Å². The van der Waals surface area contributed by atoms with Crippen molar-refractivity contribution in [2.24, 2.45) is 0 Å². The van der Waals surface area contributed by atoms with E-state index in [0.29, 0.717) is 12.4 Å². The van der Waals surface area contributed by atoms with Crippen molar-refractivity contribution in [3.8, 4) is 11.4 Å². The fourth-order valence-electron chi connectivity index (χ4n) is 1.47. The van der Waals surface area contributed by atoms with Crippen LogP contribution in [0.2, 0.25) is 0 Å². The Morgan fingerprint density at radius 2 is 2.11 bits per heavy atom. The summed E-state index contributed by atoms with van der Waals surface area (Å²) in [5.41, 5.74) is 0.807. The van der Waals surface area contributed by atoms with Crippen molar-refractivity contribution in [2.45, 2.75) is 20.0 Å². The van der Waals surface area contributed by atoms with E-state index in [1.807, 2.05) is 0 Å². The number of hydrogen-bond acceptors (Lipinski definition) is 6. The molecule has 7 nitrogen and oxygen atoms in total. The van der Waals surface area contributed by atoms with Gasteiger partial charge in [-0.3, -0.25) is 0 Å². The van der Waals surface area contributed by atoms with Crippen molar-refractivity contribution in [3.63, 3.8) is 0 Å². The van der Waals surface area contributed by atoms with E-state index in [-0.39, 0.29) is 5.97 Å². The van der Waals surface area contributed by atoms with Gasteiger partial charge in [-0.25, -0.2) is 9.48 Å². The number of nitrogens with zero attached hydrogens (tertiary/aromatic N) is 4. The SMILES string of the molecule is CCOC(=O)[C@H](C)Oc1ccc(-n2cnnn2)cc1. The minimum absolute atomic E-state index is 0.338. The fraction of sp³-hybridized carbons (Fsp3) is 0.333. The molecule has 0 aliphatic heterocycles. The van der Waals surface area contributed by atoms with Crippen LogP contribution >= 0.6 is 0 Å². The molecule has 0 N–H and O–H groups in total. The van der Waals surface area contributed by atoms with Gasteiger partial charge in [-0.1, -0.05) is 0 Å². The first kappa shape index (κ1) is 13.0. The lowest BCUT2D eigenvalue weighted by atomic mass is 10.3. The highest BCUT2D eigenvalue weighted by Gasteiger charge is 2.15. The normalized spacial score (nSPS) is 11.9. The molecule has 1 heterocycles. The fourth-order valence-corrected chi connectivity index (χ4v) is 1.47. The number of rotatable bonds is 5. The second-order valence-electron chi connectivity index (χ2n) is 3.76. The maximum absolute atomic E-state index is 11.4. The van der Waals surface area contributed by atoms with Crippen LogP contribution in [0.5, 0.6) is 5.75 Å². The number of hydrogen-bond donors (Lipinski definition) is 0. The van der Waals surface area contributed by atoms with E-state index in [1.54, 1.807) is 38.1 Å². The van der Waals surface area contributed by atoms with Gasteiger partial charge in [0.05, 0.1) is 12.3 Å². The molecule has 0 radical (unpaired) electrons. The van der Waals surface area contributed by atoms with Gasteiger partial charge in [0.2, 0.25) is 0 Å². The van der Waals surface area contributed by atoms with Crippen LogP contribution in [0.4, 0.5) is 0 Å². The molecule has 100 valence electrons. The lowest BCUT2D eigenvalue weighted by Gasteiger charge is -2.13. The molecule has 0 saturated heterocycles. The molecular formula is C12H14N4O3. The summed E-state index contributed by atoms with van der Waals surface area (Å²) in [4.78, 5) is 11.4. The Balaban J connectivity index is 2.01. The molecule has 7 heteroatoms. The van der Waals surface area contributed by atoms with Crippen LogP contribution in [0, 0.1) is 0 Å². The summed E-state index contributed by atoms with van der Waals surface area (Å²) in [7, 11) is 0. The summed E-state index contributed by atoms with van der Waals surface area (Å²) in [6, 6.07) is 7.08.